The second-order valence-corrected chi connectivity index (χ2v) is 19.1. The second-order valence-electron chi connectivity index (χ2n) is 19.1. The van der Waals surface area contributed by atoms with E-state index in [9.17, 15) is 0 Å². The summed E-state index contributed by atoms with van der Waals surface area (Å²) in [6, 6.07) is 3.23. The standard InChI is InChI=1S/C8H16N2.C7H14N2.3C7H16N2.C6H14N2/c1-9-3-7-5-10(2)6-8(7)4-9;1-8-4-7-3-6(8)5-9(7)2;2*1-7-6-8(2)4-5-9(7)3;1-8-4-3-5-9(2)7-6-8;1-7-3-5-8(2)6-4-7/h7-8H,3-6H2,1-2H3;6-7H,3-5H2,1-2H3;2*7H,4-6H2,1-3H3;3-7H2,1-2H3;3-6H2,1-2H3/t;6-,7-;2*7-;;/m.010../s1. The molecule has 0 radical (unpaired) electrons. The van der Waals surface area contributed by atoms with Crippen LogP contribution in [0.3, 0.4) is 0 Å². The van der Waals surface area contributed by atoms with Gasteiger partial charge in [0.15, 0.2) is 0 Å². The van der Waals surface area contributed by atoms with Gasteiger partial charge in [0, 0.05) is 142 Å². The van der Waals surface area contributed by atoms with Gasteiger partial charge in [-0.2, -0.15) is 0 Å². The first kappa shape index (κ1) is 47.9. The molecule has 320 valence electrons. The lowest BCUT2D eigenvalue weighted by Crippen LogP contribution is -2.48. The van der Waals surface area contributed by atoms with Crippen molar-refractivity contribution in [1.82, 2.24) is 58.8 Å². The lowest BCUT2D eigenvalue weighted by Gasteiger charge is -2.35. The van der Waals surface area contributed by atoms with E-state index in [1.54, 1.807) is 0 Å². The largest absolute Gasteiger partial charge is 0.306 e. The number of nitrogens with zero attached hydrogens (tertiary/aromatic N) is 12. The molecule has 8 rings (SSSR count). The number of hydrogen-bond acceptors (Lipinski definition) is 12. The summed E-state index contributed by atoms with van der Waals surface area (Å²) < 4.78 is 0. The minimum absolute atomic E-state index is 0.740. The van der Waals surface area contributed by atoms with E-state index in [-0.39, 0.29) is 0 Å². The van der Waals surface area contributed by atoms with Gasteiger partial charge >= 0.3 is 0 Å². The lowest BCUT2D eigenvalue weighted by atomic mass is 10.0. The summed E-state index contributed by atoms with van der Waals surface area (Å²) >= 11 is 0. The number of hydrogen-bond donors (Lipinski definition) is 0. The Morgan fingerprint density at radius 1 is 0.278 bits per heavy atom. The third kappa shape index (κ3) is 17.6. The van der Waals surface area contributed by atoms with Crippen molar-refractivity contribution >= 4 is 0 Å². The molecule has 8 fully saturated rings. The maximum atomic E-state index is 2.48. The third-order valence-corrected chi connectivity index (χ3v) is 13.6. The van der Waals surface area contributed by atoms with Gasteiger partial charge in [0.2, 0.25) is 0 Å². The molecule has 0 N–H and O–H groups in total. The summed E-state index contributed by atoms with van der Waals surface area (Å²) in [5, 5.41) is 0. The Kier molecular flexibility index (Phi) is 21.7. The van der Waals surface area contributed by atoms with Gasteiger partial charge in [-0.25, -0.2) is 0 Å². The van der Waals surface area contributed by atoms with Crippen molar-refractivity contribution in [1.29, 1.82) is 0 Å². The maximum Gasteiger partial charge on any atom is 0.0236 e. The molecule has 8 heterocycles. The number of likely N-dealkylation sites (tertiary alicyclic amines) is 4. The molecule has 0 amide bonds. The summed E-state index contributed by atoms with van der Waals surface area (Å²) in [7, 11) is 26.4. The summed E-state index contributed by atoms with van der Waals surface area (Å²) in [5.74, 6) is 1.96. The predicted molar refractivity (Wildman–Crippen MR) is 233 cm³/mol. The molecule has 12 nitrogen and oxygen atoms in total. The highest BCUT2D eigenvalue weighted by atomic mass is 15.3. The summed E-state index contributed by atoms with van der Waals surface area (Å²) in [6.07, 6.45) is 2.74. The Hall–Kier alpha value is -0.480. The third-order valence-electron chi connectivity index (χ3n) is 13.6. The highest BCUT2D eigenvalue weighted by Gasteiger charge is 2.39. The molecule has 0 aromatic rings. The molecule has 0 saturated carbocycles. The molecule has 12 heteroatoms. The van der Waals surface area contributed by atoms with Crippen molar-refractivity contribution in [3.05, 3.63) is 0 Å². The van der Waals surface area contributed by atoms with Crippen LogP contribution in [0.4, 0.5) is 0 Å². The molecular formula is C42H92N12. The van der Waals surface area contributed by atoms with Crippen molar-refractivity contribution in [2.24, 2.45) is 11.8 Å². The number of likely N-dealkylation sites (N-methyl/N-ethyl adjacent to an activating group) is 10. The smallest absolute Gasteiger partial charge is 0.0236 e. The highest BCUT2D eigenvalue weighted by molar-refractivity contribution is 4.96. The molecule has 8 aliphatic heterocycles. The van der Waals surface area contributed by atoms with Crippen molar-refractivity contribution in [2.45, 2.75) is 50.9 Å². The Labute approximate surface area is 336 Å². The van der Waals surface area contributed by atoms with Gasteiger partial charge < -0.3 is 58.8 Å². The van der Waals surface area contributed by atoms with E-state index >= 15 is 0 Å². The molecule has 54 heavy (non-hydrogen) atoms. The predicted octanol–water partition coefficient (Wildman–Crippen LogP) is 0.736. The fourth-order valence-corrected chi connectivity index (χ4v) is 9.07. The Morgan fingerprint density at radius 2 is 0.574 bits per heavy atom. The monoisotopic (exact) mass is 765 g/mol. The van der Waals surface area contributed by atoms with Crippen LogP contribution in [0.2, 0.25) is 0 Å². The Morgan fingerprint density at radius 3 is 0.833 bits per heavy atom. The Bertz CT molecular complexity index is 889. The van der Waals surface area contributed by atoms with E-state index in [1.165, 1.54) is 144 Å². The topological polar surface area (TPSA) is 38.9 Å². The quantitative estimate of drug-likeness (QED) is 0.350. The van der Waals surface area contributed by atoms with Crippen LogP contribution in [0.25, 0.3) is 0 Å². The molecule has 0 aliphatic carbocycles. The van der Waals surface area contributed by atoms with E-state index in [4.69, 9.17) is 0 Å². The number of piperazine rings is 4. The summed E-state index contributed by atoms with van der Waals surface area (Å²) in [6.45, 7) is 29.7. The molecule has 2 bridgehead atoms. The fourth-order valence-electron chi connectivity index (χ4n) is 9.07. The lowest BCUT2D eigenvalue weighted by molar-refractivity contribution is 0.125. The Balaban J connectivity index is 0.000000174. The van der Waals surface area contributed by atoms with E-state index in [0.717, 1.165) is 36.0 Å². The van der Waals surface area contributed by atoms with Gasteiger partial charge in [-0.15, -0.1) is 0 Å². The molecule has 8 saturated heterocycles. The second kappa shape index (κ2) is 24.4. The van der Waals surface area contributed by atoms with Gasteiger partial charge in [0.05, 0.1) is 0 Å². The van der Waals surface area contributed by atoms with Gasteiger partial charge in [0.1, 0.15) is 0 Å². The van der Waals surface area contributed by atoms with Gasteiger partial charge in [-0.1, -0.05) is 0 Å². The van der Waals surface area contributed by atoms with Crippen LogP contribution in [-0.4, -0.2) is 298 Å². The number of fused-ring (bicyclic) bond motifs is 3. The first-order chi connectivity index (χ1) is 25.5. The molecule has 0 aromatic heterocycles. The van der Waals surface area contributed by atoms with E-state index in [1.807, 2.05) is 0 Å². The van der Waals surface area contributed by atoms with Gasteiger partial charge in [0.25, 0.3) is 0 Å². The minimum atomic E-state index is 0.740. The van der Waals surface area contributed by atoms with Crippen molar-refractivity contribution < 1.29 is 0 Å². The van der Waals surface area contributed by atoms with E-state index in [2.05, 4.69) is 157 Å². The fraction of sp³-hybridized carbons (Fsp3) is 1.00. The first-order valence-electron chi connectivity index (χ1n) is 21.8. The molecule has 0 aromatic carbocycles. The van der Waals surface area contributed by atoms with Crippen molar-refractivity contribution in [2.75, 3.05) is 215 Å². The van der Waals surface area contributed by atoms with Crippen LogP contribution < -0.4 is 0 Å². The molecule has 4 atom stereocenters. The van der Waals surface area contributed by atoms with Crippen LogP contribution in [0.1, 0.15) is 26.7 Å². The average Bonchev–Trinajstić information content (AvgIpc) is 3.82. The first-order valence-corrected chi connectivity index (χ1v) is 21.8. The highest BCUT2D eigenvalue weighted by Crippen LogP contribution is 2.29. The summed E-state index contributed by atoms with van der Waals surface area (Å²) in [5.41, 5.74) is 0. The normalized spacial score (nSPS) is 34.6. The van der Waals surface area contributed by atoms with Crippen LogP contribution in [-0.2, 0) is 0 Å². The number of rotatable bonds is 0. The SMILES string of the molecule is CN1CC2CN(C)CC2C1.CN1CCCN(C)CC1.CN1CCN(C)CC1.CN1C[C@@H]2C[C@H]1CN2C.C[C@@H]1CN(C)CCN1C.C[C@H]1CN(C)CCN1C. The van der Waals surface area contributed by atoms with Crippen LogP contribution in [0.5, 0.6) is 0 Å². The zero-order valence-corrected chi connectivity index (χ0v) is 38.4. The van der Waals surface area contributed by atoms with E-state index < -0.39 is 0 Å². The van der Waals surface area contributed by atoms with Crippen LogP contribution >= 0.6 is 0 Å². The molecule has 0 spiro atoms. The molecular weight excluding hydrogens is 673 g/mol. The van der Waals surface area contributed by atoms with Crippen molar-refractivity contribution in [3.8, 4) is 0 Å². The van der Waals surface area contributed by atoms with E-state index in [0.29, 0.717) is 0 Å². The minimum Gasteiger partial charge on any atom is -0.306 e. The van der Waals surface area contributed by atoms with Crippen LogP contribution in [0.15, 0.2) is 0 Å². The average molecular weight is 765 g/mol. The van der Waals surface area contributed by atoms with Gasteiger partial charge in [-0.3, -0.25) is 0 Å². The maximum absolute atomic E-state index is 2.48. The molecule has 0 unspecified atom stereocenters. The van der Waals surface area contributed by atoms with Crippen LogP contribution in [0, 0.1) is 11.8 Å². The van der Waals surface area contributed by atoms with Crippen molar-refractivity contribution in [3.63, 3.8) is 0 Å². The zero-order chi connectivity index (χ0) is 39.9. The zero-order valence-electron chi connectivity index (χ0n) is 38.4. The molecule has 8 aliphatic rings. The summed E-state index contributed by atoms with van der Waals surface area (Å²) in [4.78, 5) is 28.9. The van der Waals surface area contributed by atoms with Gasteiger partial charge in [-0.05, 0) is 136 Å².